The molecule has 4 saturated heterocycles. The van der Waals surface area contributed by atoms with E-state index in [9.17, 15) is 8.78 Å². The number of nitrogens with zero attached hydrogens (tertiary/aromatic N) is 3. The molecule has 0 N–H and O–H groups in total. The van der Waals surface area contributed by atoms with Gasteiger partial charge in [-0.25, -0.2) is 8.78 Å². The fourth-order valence-corrected chi connectivity index (χ4v) is 5.53. The maximum absolute atomic E-state index is 13.9. The lowest BCUT2D eigenvalue weighted by Crippen LogP contribution is -2.60. The van der Waals surface area contributed by atoms with Gasteiger partial charge < -0.3 is 0 Å². The van der Waals surface area contributed by atoms with Crippen molar-refractivity contribution >= 4 is 0 Å². The van der Waals surface area contributed by atoms with E-state index in [1.54, 1.807) is 6.20 Å². The van der Waals surface area contributed by atoms with Crippen molar-refractivity contribution in [3.63, 3.8) is 0 Å². The van der Waals surface area contributed by atoms with Gasteiger partial charge in [-0.1, -0.05) is 6.07 Å². The van der Waals surface area contributed by atoms with E-state index in [1.807, 2.05) is 12.3 Å². The second-order valence-electron chi connectivity index (χ2n) is 7.95. The number of halogens is 2. The van der Waals surface area contributed by atoms with Crippen LogP contribution in [0.4, 0.5) is 8.78 Å². The highest BCUT2D eigenvalue weighted by molar-refractivity contribution is 5.29. The molecule has 0 amide bonds. The summed E-state index contributed by atoms with van der Waals surface area (Å²) >= 11 is 0. The maximum Gasteiger partial charge on any atom is 0.126 e. The van der Waals surface area contributed by atoms with E-state index in [-0.39, 0.29) is 5.92 Å². The summed E-state index contributed by atoms with van der Waals surface area (Å²) in [7, 11) is 0. The fourth-order valence-electron chi connectivity index (χ4n) is 5.53. The molecule has 3 atom stereocenters. The Kier molecular flexibility index (Phi) is 4.02. The first-order chi connectivity index (χ1) is 12.7. The van der Waals surface area contributed by atoms with Crippen molar-refractivity contribution < 1.29 is 8.78 Å². The van der Waals surface area contributed by atoms with E-state index in [2.05, 4.69) is 20.9 Å². The van der Waals surface area contributed by atoms with Gasteiger partial charge in [-0.3, -0.25) is 14.8 Å². The Morgan fingerprint density at radius 2 is 1.81 bits per heavy atom. The Balaban J connectivity index is 1.50. The lowest BCUT2D eigenvalue weighted by Gasteiger charge is -2.51. The standard InChI is InChI=1S/C21H23F2N3/c22-17-8-16(9-18(23)10-17)19-13-26(12-14-2-1-5-24-11-14)20-15-3-6-25(7-4-15)21(19)20/h1-2,5,8-11,15,19-21H,3-4,6-7,12-13H2/t19-,20+,21+/m0/s1. The number of aromatic nitrogens is 1. The topological polar surface area (TPSA) is 19.4 Å². The van der Waals surface area contributed by atoms with E-state index >= 15 is 0 Å². The van der Waals surface area contributed by atoms with Gasteiger partial charge in [0.05, 0.1) is 0 Å². The van der Waals surface area contributed by atoms with Crippen LogP contribution in [0.1, 0.15) is 29.9 Å². The molecule has 136 valence electrons. The van der Waals surface area contributed by atoms with Crippen molar-refractivity contribution in [3.05, 3.63) is 65.5 Å². The van der Waals surface area contributed by atoms with E-state index in [0.29, 0.717) is 18.0 Å². The molecular formula is C21H23F2N3. The molecule has 5 heteroatoms. The maximum atomic E-state index is 13.9. The summed E-state index contributed by atoms with van der Waals surface area (Å²) < 4.78 is 27.7. The van der Waals surface area contributed by atoms with E-state index in [4.69, 9.17) is 0 Å². The summed E-state index contributed by atoms with van der Waals surface area (Å²) in [6.45, 7) is 3.93. The van der Waals surface area contributed by atoms with Gasteiger partial charge in [-0.2, -0.15) is 0 Å². The average Bonchev–Trinajstić information content (AvgIpc) is 3.04. The smallest absolute Gasteiger partial charge is 0.126 e. The second kappa shape index (κ2) is 6.39. The number of fused-ring (bicyclic) bond motifs is 2. The summed E-state index contributed by atoms with van der Waals surface area (Å²) in [5.74, 6) is -0.105. The van der Waals surface area contributed by atoms with E-state index < -0.39 is 11.6 Å². The van der Waals surface area contributed by atoms with Crippen LogP contribution >= 0.6 is 0 Å². The monoisotopic (exact) mass is 355 g/mol. The van der Waals surface area contributed by atoms with Crippen molar-refractivity contribution in [3.8, 4) is 0 Å². The molecule has 26 heavy (non-hydrogen) atoms. The largest absolute Gasteiger partial charge is 0.298 e. The first-order valence-corrected chi connectivity index (χ1v) is 9.52. The van der Waals surface area contributed by atoms with Crippen molar-refractivity contribution in [1.82, 2.24) is 14.8 Å². The predicted octanol–water partition coefficient (Wildman–Crippen LogP) is 3.42. The summed E-state index contributed by atoms with van der Waals surface area (Å²) in [6.07, 6.45) is 6.18. The molecule has 3 nitrogen and oxygen atoms in total. The second-order valence-corrected chi connectivity index (χ2v) is 7.95. The molecule has 4 aliphatic rings. The van der Waals surface area contributed by atoms with Gasteiger partial charge in [0.25, 0.3) is 0 Å². The normalized spacial score (nSPS) is 33.4. The highest BCUT2D eigenvalue weighted by atomic mass is 19.1. The Hall–Kier alpha value is -1.85. The molecule has 0 saturated carbocycles. The Morgan fingerprint density at radius 1 is 1.04 bits per heavy atom. The minimum absolute atomic E-state index is 0.157. The zero-order chi connectivity index (χ0) is 17.7. The molecule has 6 rings (SSSR count). The highest BCUT2D eigenvalue weighted by Crippen LogP contribution is 2.47. The number of hydrogen-bond donors (Lipinski definition) is 0. The number of benzene rings is 1. The molecule has 0 radical (unpaired) electrons. The Labute approximate surface area is 152 Å². The molecular weight excluding hydrogens is 332 g/mol. The summed E-state index contributed by atoms with van der Waals surface area (Å²) in [5, 5.41) is 0. The van der Waals surface area contributed by atoms with Crippen LogP contribution in [0.3, 0.4) is 0 Å². The SMILES string of the molecule is Fc1cc(F)cc([C@@H]2CN(Cc3cccnc3)[C@@H]3C4CCN(CC4)[C@@H]32)c1. The average molecular weight is 355 g/mol. The van der Waals surface area contributed by atoms with Crippen LogP contribution in [0.5, 0.6) is 0 Å². The van der Waals surface area contributed by atoms with E-state index in [1.165, 1.54) is 30.5 Å². The van der Waals surface area contributed by atoms with Gasteiger partial charge in [-0.05, 0) is 61.2 Å². The van der Waals surface area contributed by atoms with Gasteiger partial charge in [0.15, 0.2) is 0 Å². The third-order valence-corrected chi connectivity index (χ3v) is 6.52. The minimum Gasteiger partial charge on any atom is -0.298 e. The minimum atomic E-state index is -0.474. The Bertz CT molecular complexity index is 769. The molecule has 0 aliphatic carbocycles. The van der Waals surface area contributed by atoms with Crippen LogP contribution in [0.25, 0.3) is 0 Å². The van der Waals surface area contributed by atoms with Crippen LogP contribution in [-0.2, 0) is 6.54 Å². The molecule has 0 spiro atoms. The summed E-state index contributed by atoms with van der Waals surface area (Å²) in [6, 6.07) is 8.94. The molecule has 5 heterocycles. The summed E-state index contributed by atoms with van der Waals surface area (Å²) in [5.41, 5.74) is 2.01. The van der Waals surface area contributed by atoms with Crippen molar-refractivity contribution in [1.29, 1.82) is 0 Å². The molecule has 4 fully saturated rings. The van der Waals surface area contributed by atoms with E-state index in [0.717, 1.165) is 37.8 Å². The summed E-state index contributed by atoms with van der Waals surface area (Å²) in [4.78, 5) is 9.33. The molecule has 1 aromatic carbocycles. The zero-order valence-corrected chi connectivity index (χ0v) is 14.7. The predicted molar refractivity (Wildman–Crippen MR) is 95.6 cm³/mol. The van der Waals surface area contributed by atoms with Crippen molar-refractivity contribution in [2.24, 2.45) is 5.92 Å². The first-order valence-electron chi connectivity index (χ1n) is 9.52. The molecule has 0 unspecified atom stereocenters. The van der Waals surface area contributed by atoms with Gasteiger partial charge in [0.2, 0.25) is 0 Å². The molecule has 4 aliphatic heterocycles. The quantitative estimate of drug-likeness (QED) is 0.841. The number of hydrogen-bond acceptors (Lipinski definition) is 3. The number of piperidine rings is 3. The number of likely N-dealkylation sites (tertiary alicyclic amines) is 1. The molecule has 2 bridgehead atoms. The van der Waals surface area contributed by atoms with Crippen LogP contribution < -0.4 is 0 Å². The lowest BCUT2D eigenvalue weighted by atomic mass is 9.75. The van der Waals surface area contributed by atoms with Crippen LogP contribution in [0, 0.1) is 17.6 Å². The van der Waals surface area contributed by atoms with Crippen LogP contribution in [0.2, 0.25) is 0 Å². The molecule has 2 aromatic rings. The van der Waals surface area contributed by atoms with Gasteiger partial charge >= 0.3 is 0 Å². The van der Waals surface area contributed by atoms with Gasteiger partial charge in [0.1, 0.15) is 11.6 Å². The first kappa shape index (κ1) is 16.3. The van der Waals surface area contributed by atoms with Crippen LogP contribution in [-0.4, -0.2) is 46.5 Å². The lowest BCUT2D eigenvalue weighted by molar-refractivity contribution is -0.00873. The third kappa shape index (κ3) is 2.74. The van der Waals surface area contributed by atoms with Gasteiger partial charge in [-0.15, -0.1) is 0 Å². The zero-order valence-electron chi connectivity index (χ0n) is 14.7. The third-order valence-electron chi connectivity index (χ3n) is 6.52. The highest BCUT2D eigenvalue weighted by Gasteiger charge is 2.53. The molecule has 1 aromatic heterocycles. The number of rotatable bonds is 3. The Morgan fingerprint density at radius 3 is 2.50 bits per heavy atom. The van der Waals surface area contributed by atoms with Crippen LogP contribution in [0.15, 0.2) is 42.7 Å². The fraction of sp³-hybridized carbons (Fsp3) is 0.476. The van der Waals surface area contributed by atoms with Crippen molar-refractivity contribution in [2.45, 2.75) is 37.4 Å². The van der Waals surface area contributed by atoms with Gasteiger partial charge in [0, 0.05) is 49.6 Å². The number of pyridine rings is 1. The van der Waals surface area contributed by atoms with Crippen molar-refractivity contribution in [2.75, 3.05) is 19.6 Å².